The number of hydrogen-bond acceptors (Lipinski definition) is 2. The molecule has 1 unspecified atom stereocenters. The molecule has 2 amide bonds. The van der Waals surface area contributed by atoms with Crippen LogP contribution < -0.4 is 5.32 Å². The zero-order chi connectivity index (χ0) is 13.4. The van der Waals surface area contributed by atoms with Crippen molar-refractivity contribution in [3.63, 3.8) is 0 Å². The van der Waals surface area contributed by atoms with Crippen LogP contribution in [0.2, 0.25) is 0 Å². The van der Waals surface area contributed by atoms with Crippen LogP contribution in [0.25, 0.3) is 0 Å². The van der Waals surface area contributed by atoms with Gasteiger partial charge in [0.1, 0.15) is 6.04 Å². The summed E-state index contributed by atoms with van der Waals surface area (Å²) in [5.74, 6) is 0.226. The van der Waals surface area contributed by atoms with Crippen molar-refractivity contribution < 1.29 is 9.59 Å². The molecular weight excluding hydrogens is 240 g/mol. The van der Waals surface area contributed by atoms with Crippen molar-refractivity contribution in [3.05, 3.63) is 35.4 Å². The van der Waals surface area contributed by atoms with E-state index in [1.807, 2.05) is 24.3 Å². The highest BCUT2D eigenvalue weighted by molar-refractivity contribution is 5.90. The third-order valence-electron chi connectivity index (χ3n) is 4.01. The van der Waals surface area contributed by atoms with Crippen molar-refractivity contribution in [2.75, 3.05) is 7.05 Å². The molecule has 1 aromatic carbocycles. The second-order valence-corrected chi connectivity index (χ2v) is 5.34. The van der Waals surface area contributed by atoms with Gasteiger partial charge in [0, 0.05) is 25.9 Å². The molecule has 1 saturated carbocycles. The van der Waals surface area contributed by atoms with Crippen LogP contribution in [0.3, 0.4) is 0 Å². The van der Waals surface area contributed by atoms with E-state index in [-0.39, 0.29) is 23.8 Å². The Labute approximate surface area is 112 Å². The van der Waals surface area contributed by atoms with Crippen LogP contribution in [-0.4, -0.2) is 29.8 Å². The highest BCUT2D eigenvalue weighted by Crippen LogP contribution is 2.34. The van der Waals surface area contributed by atoms with Gasteiger partial charge in [-0.1, -0.05) is 24.3 Å². The van der Waals surface area contributed by atoms with E-state index < -0.39 is 0 Å². The standard InChI is InChI=1S/C15H18N2O2/c1-16-14(18)13-8-11-4-2-3-5-12(11)9-17(13)15(19)10-6-7-10/h2-5,10,13H,6-9H2,1H3,(H,16,18). The Morgan fingerprint density at radius 1 is 1.21 bits per heavy atom. The van der Waals surface area contributed by atoms with Gasteiger partial charge in [-0.25, -0.2) is 0 Å². The molecule has 1 N–H and O–H groups in total. The van der Waals surface area contributed by atoms with Gasteiger partial charge in [0.25, 0.3) is 0 Å². The molecule has 0 spiro atoms. The Morgan fingerprint density at radius 2 is 1.89 bits per heavy atom. The van der Waals surface area contributed by atoms with E-state index in [1.165, 1.54) is 5.56 Å². The number of rotatable bonds is 2. The van der Waals surface area contributed by atoms with E-state index in [0.29, 0.717) is 13.0 Å². The molecule has 4 heteroatoms. The molecule has 0 aromatic heterocycles. The van der Waals surface area contributed by atoms with Gasteiger partial charge in [-0.2, -0.15) is 0 Å². The average molecular weight is 258 g/mol. The molecule has 0 radical (unpaired) electrons. The van der Waals surface area contributed by atoms with Crippen LogP contribution in [0.15, 0.2) is 24.3 Å². The first-order valence-electron chi connectivity index (χ1n) is 6.79. The lowest BCUT2D eigenvalue weighted by molar-refractivity contribution is -0.142. The zero-order valence-corrected chi connectivity index (χ0v) is 11.1. The van der Waals surface area contributed by atoms with Gasteiger partial charge in [-0.3, -0.25) is 9.59 Å². The molecule has 0 bridgehead atoms. The lowest BCUT2D eigenvalue weighted by Crippen LogP contribution is -2.52. The fourth-order valence-corrected chi connectivity index (χ4v) is 2.72. The molecule has 0 saturated heterocycles. The van der Waals surface area contributed by atoms with Crippen molar-refractivity contribution in [1.29, 1.82) is 0 Å². The first-order chi connectivity index (χ1) is 9.20. The van der Waals surface area contributed by atoms with Gasteiger partial charge in [-0.15, -0.1) is 0 Å². The minimum absolute atomic E-state index is 0.0662. The summed E-state index contributed by atoms with van der Waals surface area (Å²) < 4.78 is 0. The molecule has 1 atom stereocenters. The average Bonchev–Trinajstić information content (AvgIpc) is 3.29. The van der Waals surface area contributed by atoms with Gasteiger partial charge in [0.05, 0.1) is 0 Å². The maximum atomic E-state index is 12.3. The topological polar surface area (TPSA) is 49.4 Å². The number of likely N-dealkylation sites (N-methyl/N-ethyl adjacent to an activating group) is 1. The second kappa shape index (κ2) is 4.68. The van der Waals surface area contributed by atoms with Crippen molar-refractivity contribution in [1.82, 2.24) is 10.2 Å². The Balaban J connectivity index is 1.91. The van der Waals surface area contributed by atoms with Gasteiger partial charge in [-0.05, 0) is 24.0 Å². The van der Waals surface area contributed by atoms with Gasteiger partial charge < -0.3 is 10.2 Å². The SMILES string of the molecule is CNC(=O)C1Cc2ccccc2CN1C(=O)C1CC1. The van der Waals surface area contributed by atoms with E-state index in [2.05, 4.69) is 5.32 Å². The van der Waals surface area contributed by atoms with Crippen LogP contribution in [-0.2, 0) is 22.6 Å². The van der Waals surface area contributed by atoms with Crippen LogP contribution >= 0.6 is 0 Å². The summed E-state index contributed by atoms with van der Waals surface area (Å²) in [7, 11) is 1.63. The molecular formula is C15H18N2O2. The van der Waals surface area contributed by atoms with Gasteiger partial charge in [0.15, 0.2) is 0 Å². The Kier molecular flexibility index (Phi) is 3.01. The fourth-order valence-electron chi connectivity index (χ4n) is 2.72. The number of hydrogen-bond donors (Lipinski definition) is 1. The predicted molar refractivity (Wildman–Crippen MR) is 71.3 cm³/mol. The molecule has 4 nitrogen and oxygen atoms in total. The van der Waals surface area contributed by atoms with Crippen molar-refractivity contribution in [2.24, 2.45) is 5.92 Å². The first-order valence-corrected chi connectivity index (χ1v) is 6.79. The number of carbonyl (C=O) groups is 2. The van der Waals surface area contributed by atoms with E-state index in [4.69, 9.17) is 0 Å². The highest BCUT2D eigenvalue weighted by Gasteiger charge is 2.40. The summed E-state index contributed by atoms with van der Waals surface area (Å²) in [6.07, 6.45) is 2.56. The summed E-state index contributed by atoms with van der Waals surface area (Å²) in [6, 6.07) is 7.71. The summed E-state index contributed by atoms with van der Waals surface area (Å²) in [6.45, 7) is 0.559. The molecule has 100 valence electrons. The predicted octanol–water partition coefficient (Wildman–Crippen LogP) is 1.10. The quantitative estimate of drug-likeness (QED) is 0.863. The Morgan fingerprint density at radius 3 is 2.53 bits per heavy atom. The molecule has 2 aliphatic rings. The number of nitrogens with one attached hydrogen (secondary N) is 1. The lowest BCUT2D eigenvalue weighted by Gasteiger charge is -2.36. The monoisotopic (exact) mass is 258 g/mol. The second-order valence-electron chi connectivity index (χ2n) is 5.34. The number of carbonyl (C=O) groups excluding carboxylic acids is 2. The zero-order valence-electron chi connectivity index (χ0n) is 11.1. The Bertz CT molecular complexity index is 523. The minimum Gasteiger partial charge on any atom is -0.357 e. The number of benzene rings is 1. The third-order valence-corrected chi connectivity index (χ3v) is 4.01. The van der Waals surface area contributed by atoms with Crippen molar-refractivity contribution >= 4 is 11.8 Å². The highest BCUT2D eigenvalue weighted by atomic mass is 16.2. The molecule has 19 heavy (non-hydrogen) atoms. The Hall–Kier alpha value is -1.84. The third kappa shape index (κ3) is 2.23. The summed E-state index contributed by atoms with van der Waals surface area (Å²) in [5, 5.41) is 2.68. The summed E-state index contributed by atoms with van der Waals surface area (Å²) in [5.41, 5.74) is 2.34. The molecule has 1 aromatic rings. The fraction of sp³-hybridized carbons (Fsp3) is 0.467. The van der Waals surface area contributed by atoms with Crippen molar-refractivity contribution in [3.8, 4) is 0 Å². The van der Waals surface area contributed by atoms with Gasteiger partial charge in [0.2, 0.25) is 11.8 Å². The molecule has 1 aliphatic heterocycles. The molecule has 3 rings (SSSR count). The number of amides is 2. The summed E-state index contributed by atoms with van der Waals surface area (Å²) >= 11 is 0. The molecule has 1 heterocycles. The normalized spacial score (nSPS) is 21.7. The maximum absolute atomic E-state index is 12.3. The first kappa shape index (κ1) is 12.2. The van der Waals surface area contributed by atoms with Crippen LogP contribution in [0.1, 0.15) is 24.0 Å². The number of nitrogens with zero attached hydrogens (tertiary/aromatic N) is 1. The maximum Gasteiger partial charge on any atom is 0.242 e. The van der Waals surface area contributed by atoms with Gasteiger partial charge >= 0.3 is 0 Å². The molecule has 1 fully saturated rings. The molecule has 1 aliphatic carbocycles. The summed E-state index contributed by atoms with van der Waals surface area (Å²) in [4.78, 5) is 26.1. The van der Waals surface area contributed by atoms with Crippen LogP contribution in [0.5, 0.6) is 0 Å². The smallest absolute Gasteiger partial charge is 0.242 e. The van der Waals surface area contributed by atoms with E-state index >= 15 is 0 Å². The van der Waals surface area contributed by atoms with E-state index in [9.17, 15) is 9.59 Å². The minimum atomic E-state index is -0.354. The largest absolute Gasteiger partial charge is 0.357 e. The van der Waals surface area contributed by atoms with E-state index in [0.717, 1.165) is 18.4 Å². The van der Waals surface area contributed by atoms with Crippen LogP contribution in [0, 0.1) is 5.92 Å². The number of fused-ring (bicyclic) bond motifs is 1. The van der Waals surface area contributed by atoms with Crippen molar-refractivity contribution in [2.45, 2.75) is 31.8 Å². The lowest BCUT2D eigenvalue weighted by atomic mass is 9.93. The van der Waals surface area contributed by atoms with E-state index in [1.54, 1.807) is 11.9 Å². The van der Waals surface area contributed by atoms with Crippen LogP contribution in [0.4, 0.5) is 0 Å².